The van der Waals surface area contributed by atoms with Gasteiger partial charge in [0.05, 0.1) is 12.1 Å². The predicted molar refractivity (Wildman–Crippen MR) is 80.8 cm³/mol. The van der Waals surface area contributed by atoms with E-state index < -0.39 is 0 Å². The van der Waals surface area contributed by atoms with Gasteiger partial charge in [-0.05, 0) is 6.42 Å². The highest BCUT2D eigenvalue weighted by Gasteiger charge is 2.08. The number of ether oxygens (including phenoxy) is 1. The van der Waals surface area contributed by atoms with E-state index in [0.717, 1.165) is 22.7 Å². The Labute approximate surface area is 122 Å². The van der Waals surface area contributed by atoms with E-state index in [4.69, 9.17) is 4.74 Å². The van der Waals surface area contributed by atoms with E-state index in [1.807, 2.05) is 35.7 Å². The molecule has 20 heavy (non-hydrogen) atoms. The van der Waals surface area contributed by atoms with Gasteiger partial charge in [0.15, 0.2) is 0 Å². The van der Waals surface area contributed by atoms with Gasteiger partial charge in [0.25, 0.3) is 0 Å². The topological polar surface area (TPSA) is 51.2 Å². The minimum absolute atomic E-state index is 0.00557. The van der Waals surface area contributed by atoms with Gasteiger partial charge < -0.3 is 10.1 Å². The van der Waals surface area contributed by atoms with E-state index in [1.54, 1.807) is 18.4 Å². The Morgan fingerprint density at radius 1 is 1.35 bits per heavy atom. The van der Waals surface area contributed by atoms with Gasteiger partial charge >= 0.3 is 0 Å². The maximum absolute atomic E-state index is 11.7. The van der Waals surface area contributed by atoms with E-state index in [2.05, 4.69) is 10.3 Å². The maximum atomic E-state index is 11.7. The summed E-state index contributed by atoms with van der Waals surface area (Å²) in [5.74, 6) is 0.00557. The third-order valence-corrected chi connectivity index (χ3v) is 3.70. The van der Waals surface area contributed by atoms with Crippen LogP contribution in [0.1, 0.15) is 12.1 Å². The molecule has 1 heterocycles. The van der Waals surface area contributed by atoms with E-state index in [0.29, 0.717) is 19.6 Å². The van der Waals surface area contributed by atoms with Crippen LogP contribution >= 0.6 is 11.3 Å². The number of carbonyl (C=O) groups is 1. The number of benzene rings is 1. The van der Waals surface area contributed by atoms with Crippen LogP contribution in [-0.2, 0) is 16.0 Å². The highest BCUT2D eigenvalue weighted by molar-refractivity contribution is 7.13. The molecule has 4 nitrogen and oxygen atoms in total. The molecule has 0 bridgehead atoms. The molecule has 0 aliphatic heterocycles. The smallest absolute Gasteiger partial charge is 0.226 e. The van der Waals surface area contributed by atoms with E-state index in [9.17, 15) is 4.79 Å². The number of rotatable bonds is 7. The van der Waals surface area contributed by atoms with Crippen LogP contribution in [0.15, 0.2) is 35.7 Å². The van der Waals surface area contributed by atoms with Crippen molar-refractivity contribution < 1.29 is 9.53 Å². The summed E-state index contributed by atoms with van der Waals surface area (Å²) in [7, 11) is 1.65. The van der Waals surface area contributed by atoms with Crippen LogP contribution in [0.25, 0.3) is 10.6 Å². The second kappa shape index (κ2) is 7.77. The molecule has 0 radical (unpaired) electrons. The third-order valence-electron chi connectivity index (χ3n) is 2.76. The average Bonchev–Trinajstić information content (AvgIpc) is 2.93. The Morgan fingerprint density at radius 2 is 2.15 bits per heavy atom. The van der Waals surface area contributed by atoms with Crippen molar-refractivity contribution in [2.24, 2.45) is 0 Å². The third kappa shape index (κ3) is 4.43. The van der Waals surface area contributed by atoms with Crippen LogP contribution in [0.4, 0.5) is 0 Å². The molecule has 0 fully saturated rings. The van der Waals surface area contributed by atoms with Crippen LogP contribution in [0, 0.1) is 0 Å². The molecule has 0 aliphatic carbocycles. The standard InChI is InChI=1S/C15H18N2O2S/c1-19-9-5-8-16-14(18)10-13-11-20-15(17-13)12-6-3-2-4-7-12/h2-4,6-7,11H,5,8-10H2,1H3,(H,16,18). The van der Waals surface area contributed by atoms with Crippen LogP contribution in [-0.4, -0.2) is 31.2 Å². The zero-order valence-electron chi connectivity index (χ0n) is 11.5. The Balaban J connectivity index is 1.85. The minimum Gasteiger partial charge on any atom is -0.385 e. The molecule has 2 aromatic rings. The molecule has 1 amide bonds. The molecule has 0 saturated carbocycles. The number of aromatic nitrogens is 1. The summed E-state index contributed by atoms with van der Waals surface area (Å²) in [6.07, 6.45) is 1.16. The van der Waals surface area contributed by atoms with Crippen molar-refractivity contribution in [3.63, 3.8) is 0 Å². The number of methoxy groups -OCH3 is 1. The fourth-order valence-electron chi connectivity index (χ4n) is 1.77. The summed E-state index contributed by atoms with van der Waals surface area (Å²) in [5.41, 5.74) is 1.90. The second-order valence-electron chi connectivity index (χ2n) is 4.38. The average molecular weight is 290 g/mol. The molecule has 0 spiro atoms. The summed E-state index contributed by atoms with van der Waals surface area (Å²) in [6.45, 7) is 1.30. The predicted octanol–water partition coefficient (Wildman–Crippen LogP) is 2.51. The summed E-state index contributed by atoms with van der Waals surface area (Å²) in [6, 6.07) is 9.99. The van der Waals surface area contributed by atoms with Gasteiger partial charge in [-0.15, -0.1) is 11.3 Å². The lowest BCUT2D eigenvalue weighted by molar-refractivity contribution is -0.120. The lowest BCUT2D eigenvalue weighted by Gasteiger charge is -2.03. The number of hydrogen-bond acceptors (Lipinski definition) is 4. The highest BCUT2D eigenvalue weighted by atomic mass is 32.1. The Bertz CT molecular complexity index is 540. The quantitative estimate of drug-likeness (QED) is 0.797. The fraction of sp³-hybridized carbons (Fsp3) is 0.333. The summed E-state index contributed by atoms with van der Waals surface area (Å²) < 4.78 is 4.93. The molecule has 0 atom stereocenters. The first kappa shape index (κ1) is 14.7. The van der Waals surface area contributed by atoms with Gasteiger partial charge in [0, 0.05) is 31.2 Å². The van der Waals surface area contributed by atoms with Gasteiger partial charge in [0.2, 0.25) is 5.91 Å². The molecule has 1 N–H and O–H groups in total. The number of nitrogens with zero attached hydrogens (tertiary/aromatic N) is 1. The van der Waals surface area contributed by atoms with Crippen molar-refractivity contribution in [1.29, 1.82) is 0 Å². The molecule has 0 saturated heterocycles. The van der Waals surface area contributed by atoms with Crippen molar-refractivity contribution in [3.8, 4) is 10.6 Å². The van der Waals surface area contributed by atoms with E-state index in [-0.39, 0.29) is 5.91 Å². The first-order chi connectivity index (χ1) is 9.79. The maximum Gasteiger partial charge on any atom is 0.226 e. The van der Waals surface area contributed by atoms with Crippen LogP contribution in [0.3, 0.4) is 0 Å². The van der Waals surface area contributed by atoms with Gasteiger partial charge in [0.1, 0.15) is 5.01 Å². The van der Waals surface area contributed by atoms with E-state index >= 15 is 0 Å². The number of amides is 1. The van der Waals surface area contributed by atoms with Crippen LogP contribution in [0.2, 0.25) is 0 Å². The number of nitrogens with one attached hydrogen (secondary N) is 1. The Morgan fingerprint density at radius 3 is 2.90 bits per heavy atom. The Kier molecular flexibility index (Phi) is 5.70. The molecule has 1 aromatic heterocycles. The van der Waals surface area contributed by atoms with Crippen LogP contribution < -0.4 is 5.32 Å². The first-order valence-corrected chi connectivity index (χ1v) is 7.43. The lowest BCUT2D eigenvalue weighted by atomic mass is 10.2. The number of hydrogen-bond donors (Lipinski definition) is 1. The van der Waals surface area contributed by atoms with Crippen molar-refractivity contribution in [1.82, 2.24) is 10.3 Å². The van der Waals surface area contributed by atoms with Crippen LogP contribution in [0.5, 0.6) is 0 Å². The van der Waals surface area contributed by atoms with E-state index in [1.165, 1.54) is 0 Å². The van der Waals surface area contributed by atoms with Gasteiger partial charge in [-0.25, -0.2) is 4.98 Å². The molecule has 0 unspecified atom stereocenters. The number of thiazole rings is 1. The largest absolute Gasteiger partial charge is 0.385 e. The van der Waals surface area contributed by atoms with Crippen molar-refractivity contribution in [2.45, 2.75) is 12.8 Å². The number of carbonyl (C=O) groups excluding carboxylic acids is 1. The highest BCUT2D eigenvalue weighted by Crippen LogP contribution is 2.23. The molecule has 1 aromatic carbocycles. The molecular formula is C15H18N2O2S. The van der Waals surface area contributed by atoms with Gasteiger partial charge in [-0.1, -0.05) is 30.3 Å². The van der Waals surface area contributed by atoms with Crippen molar-refractivity contribution in [2.75, 3.05) is 20.3 Å². The van der Waals surface area contributed by atoms with Gasteiger partial charge in [-0.3, -0.25) is 4.79 Å². The fourth-order valence-corrected chi connectivity index (χ4v) is 2.60. The lowest BCUT2D eigenvalue weighted by Crippen LogP contribution is -2.26. The van der Waals surface area contributed by atoms with Crippen molar-refractivity contribution in [3.05, 3.63) is 41.4 Å². The molecular weight excluding hydrogens is 272 g/mol. The summed E-state index contributed by atoms with van der Waals surface area (Å²) >= 11 is 1.57. The zero-order chi connectivity index (χ0) is 14.2. The second-order valence-corrected chi connectivity index (χ2v) is 5.24. The minimum atomic E-state index is 0.00557. The molecule has 0 aliphatic rings. The van der Waals surface area contributed by atoms with Gasteiger partial charge in [-0.2, -0.15) is 0 Å². The SMILES string of the molecule is COCCCNC(=O)Cc1csc(-c2ccccc2)n1. The normalized spacial score (nSPS) is 10.4. The molecule has 2 rings (SSSR count). The summed E-state index contributed by atoms with van der Waals surface area (Å²) in [4.78, 5) is 16.2. The monoisotopic (exact) mass is 290 g/mol. The van der Waals surface area contributed by atoms with Crippen molar-refractivity contribution >= 4 is 17.2 Å². The molecule has 5 heteroatoms. The molecule has 106 valence electrons. The first-order valence-electron chi connectivity index (χ1n) is 6.55. The Hall–Kier alpha value is -1.72. The summed E-state index contributed by atoms with van der Waals surface area (Å²) in [5, 5.41) is 5.75. The zero-order valence-corrected chi connectivity index (χ0v) is 12.3.